The number of anilines is 1. The van der Waals surface area contributed by atoms with E-state index in [0.717, 1.165) is 11.3 Å². The highest BCUT2D eigenvalue weighted by molar-refractivity contribution is 6.33. The monoisotopic (exact) mass is 345 g/mol. The molecule has 0 atom stereocenters. The van der Waals surface area contributed by atoms with E-state index < -0.39 is 0 Å². The van der Waals surface area contributed by atoms with Crippen molar-refractivity contribution >= 4 is 34.8 Å². The molecule has 116 valence electrons. The Labute approximate surface area is 143 Å². The molecule has 0 aliphatic heterocycles. The Morgan fingerprint density at radius 1 is 1.13 bits per heavy atom. The number of H-pyrrole nitrogens is 1. The fourth-order valence-corrected chi connectivity index (χ4v) is 2.66. The van der Waals surface area contributed by atoms with Crippen molar-refractivity contribution in [2.24, 2.45) is 0 Å². The Hall–Kier alpha value is -2.30. The number of halogens is 2. The zero-order valence-electron chi connectivity index (χ0n) is 12.2. The Morgan fingerprint density at radius 3 is 2.65 bits per heavy atom. The van der Waals surface area contributed by atoms with E-state index in [2.05, 4.69) is 15.5 Å². The molecule has 0 aliphatic carbocycles. The van der Waals surface area contributed by atoms with Gasteiger partial charge in [-0.2, -0.15) is 5.10 Å². The molecule has 3 aromatic rings. The van der Waals surface area contributed by atoms with Crippen molar-refractivity contribution in [1.29, 1.82) is 0 Å². The first-order chi connectivity index (χ1) is 11.1. The summed E-state index contributed by atoms with van der Waals surface area (Å²) in [4.78, 5) is 12.4. The second-order valence-corrected chi connectivity index (χ2v) is 5.86. The van der Waals surface area contributed by atoms with Gasteiger partial charge >= 0.3 is 0 Å². The molecule has 1 amide bonds. The van der Waals surface area contributed by atoms with Crippen LogP contribution >= 0.6 is 23.2 Å². The summed E-state index contributed by atoms with van der Waals surface area (Å²) < 4.78 is 0. The minimum Gasteiger partial charge on any atom is -0.319 e. The zero-order valence-corrected chi connectivity index (χ0v) is 13.7. The molecule has 3 rings (SSSR count). The largest absolute Gasteiger partial charge is 0.319 e. The molecule has 6 heteroatoms. The highest BCUT2D eigenvalue weighted by atomic mass is 35.5. The van der Waals surface area contributed by atoms with Crippen molar-refractivity contribution < 1.29 is 4.79 Å². The summed E-state index contributed by atoms with van der Waals surface area (Å²) >= 11 is 12.2. The summed E-state index contributed by atoms with van der Waals surface area (Å²) in [5.74, 6) is -0.259. The number of amides is 1. The van der Waals surface area contributed by atoms with Crippen LogP contribution in [0.3, 0.4) is 0 Å². The second-order valence-electron chi connectivity index (χ2n) is 5.02. The van der Waals surface area contributed by atoms with Crippen LogP contribution in [0.5, 0.6) is 0 Å². The number of nitrogens with one attached hydrogen (secondary N) is 2. The number of carbonyl (C=O) groups excluding carboxylic acids is 1. The topological polar surface area (TPSA) is 57.8 Å². The van der Waals surface area contributed by atoms with Crippen LogP contribution in [0.4, 0.5) is 5.69 Å². The van der Waals surface area contributed by atoms with Crippen LogP contribution in [-0.2, 0) is 0 Å². The molecule has 0 aliphatic rings. The average molecular weight is 346 g/mol. The summed E-state index contributed by atoms with van der Waals surface area (Å²) in [7, 11) is 0. The zero-order chi connectivity index (χ0) is 16.4. The van der Waals surface area contributed by atoms with Crippen molar-refractivity contribution in [3.8, 4) is 11.3 Å². The second kappa shape index (κ2) is 6.44. The number of aryl methyl sites for hydroxylation is 1. The molecule has 0 fully saturated rings. The minimum absolute atomic E-state index is 0.259. The number of aromatic nitrogens is 2. The molecule has 2 N–H and O–H groups in total. The first kappa shape index (κ1) is 15.6. The number of hydrogen-bond donors (Lipinski definition) is 2. The van der Waals surface area contributed by atoms with E-state index in [-0.39, 0.29) is 5.91 Å². The predicted molar refractivity (Wildman–Crippen MR) is 93.2 cm³/mol. The van der Waals surface area contributed by atoms with Gasteiger partial charge in [0.15, 0.2) is 0 Å². The molecule has 23 heavy (non-hydrogen) atoms. The molecule has 0 saturated heterocycles. The number of rotatable bonds is 3. The van der Waals surface area contributed by atoms with Crippen molar-refractivity contribution in [1.82, 2.24) is 10.2 Å². The molecule has 1 aromatic heterocycles. The molecule has 2 aromatic carbocycles. The molecular formula is C17H13Cl2N3O. The lowest BCUT2D eigenvalue weighted by Crippen LogP contribution is -2.12. The number of carbonyl (C=O) groups is 1. The van der Waals surface area contributed by atoms with Crippen molar-refractivity contribution in [3.63, 3.8) is 0 Å². The van der Waals surface area contributed by atoms with Gasteiger partial charge in [0.2, 0.25) is 0 Å². The average Bonchev–Trinajstić information content (AvgIpc) is 2.89. The van der Waals surface area contributed by atoms with E-state index in [0.29, 0.717) is 27.0 Å². The van der Waals surface area contributed by atoms with Gasteiger partial charge in [-0.15, -0.1) is 0 Å². The number of benzene rings is 2. The number of nitrogens with zero attached hydrogens (tertiary/aromatic N) is 1. The van der Waals surface area contributed by atoms with E-state index in [1.165, 1.54) is 0 Å². The Bertz CT molecular complexity index is 874. The molecule has 0 bridgehead atoms. The van der Waals surface area contributed by atoms with Gasteiger partial charge in [-0.3, -0.25) is 9.89 Å². The molecule has 0 spiro atoms. The maximum absolute atomic E-state index is 12.4. The van der Waals surface area contributed by atoms with Gasteiger partial charge in [0.25, 0.3) is 5.91 Å². The van der Waals surface area contributed by atoms with Gasteiger partial charge in [0.05, 0.1) is 16.4 Å². The normalized spacial score (nSPS) is 10.6. The van der Waals surface area contributed by atoms with E-state index in [1.54, 1.807) is 30.3 Å². The summed E-state index contributed by atoms with van der Waals surface area (Å²) in [6.07, 6.45) is 0. The van der Waals surface area contributed by atoms with Crippen molar-refractivity contribution in [2.45, 2.75) is 6.92 Å². The third kappa shape index (κ3) is 3.23. The quantitative estimate of drug-likeness (QED) is 0.705. The highest BCUT2D eigenvalue weighted by Crippen LogP contribution is 2.33. The number of hydrogen-bond acceptors (Lipinski definition) is 2. The molecule has 4 nitrogen and oxygen atoms in total. The van der Waals surface area contributed by atoms with E-state index in [9.17, 15) is 4.79 Å². The molecule has 0 unspecified atom stereocenters. The third-order valence-electron chi connectivity index (χ3n) is 3.40. The van der Waals surface area contributed by atoms with Crippen molar-refractivity contribution in [2.75, 3.05) is 5.32 Å². The van der Waals surface area contributed by atoms with E-state index >= 15 is 0 Å². The van der Waals surface area contributed by atoms with Gasteiger partial charge < -0.3 is 5.32 Å². The molecule has 0 saturated carbocycles. The fraction of sp³-hybridized carbons (Fsp3) is 0.0588. The highest BCUT2D eigenvalue weighted by Gasteiger charge is 2.17. The SMILES string of the molecule is Cc1[nH]nc(-c2ccccc2Cl)c1NC(=O)c1cccc(Cl)c1. The van der Waals surface area contributed by atoms with Gasteiger partial charge in [-0.1, -0.05) is 47.5 Å². The Balaban J connectivity index is 1.97. The standard InChI is InChI=1S/C17H13Cl2N3O/c1-10-15(20-17(23)11-5-4-6-12(18)9-11)16(22-21-10)13-7-2-3-8-14(13)19/h2-9H,1H3,(H,20,23)(H,21,22). The fourth-order valence-electron chi connectivity index (χ4n) is 2.25. The summed E-state index contributed by atoms with van der Waals surface area (Å²) in [6.45, 7) is 1.83. The Morgan fingerprint density at radius 2 is 1.91 bits per heavy atom. The Kier molecular flexibility index (Phi) is 4.37. The minimum atomic E-state index is -0.259. The van der Waals surface area contributed by atoms with Crippen LogP contribution in [0.15, 0.2) is 48.5 Å². The number of aromatic amines is 1. The van der Waals surface area contributed by atoms with E-state index in [4.69, 9.17) is 23.2 Å². The van der Waals surface area contributed by atoms with Gasteiger partial charge in [0, 0.05) is 16.1 Å². The smallest absolute Gasteiger partial charge is 0.255 e. The third-order valence-corrected chi connectivity index (χ3v) is 3.97. The van der Waals surface area contributed by atoms with E-state index in [1.807, 2.05) is 25.1 Å². The van der Waals surface area contributed by atoms with Crippen LogP contribution in [-0.4, -0.2) is 16.1 Å². The van der Waals surface area contributed by atoms with Gasteiger partial charge in [-0.25, -0.2) is 0 Å². The lowest BCUT2D eigenvalue weighted by atomic mass is 10.1. The lowest BCUT2D eigenvalue weighted by Gasteiger charge is -2.08. The van der Waals surface area contributed by atoms with Gasteiger partial charge in [-0.05, 0) is 31.2 Å². The van der Waals surface area contributed by atoms with Crippen LogP contribution in [0.25, 0.3) is 11.3 Å². The van der Waals surface area contributed by atoms with Crippen molar-refractivity contribution in [3.05, 3.63) is 69.8 Å². The predicted octanol–water partition coefficient (Wildman–Crippen LogP) is 4.94. The lowest BCUT2D eigenvalue weighted by molar-refractivity contribution is 0.102. The molecule has 0 radical (unpaired) electrons. The first-order valence-electron chi connectivity index (χ1n) is 6.93. The van der Waals surface area contributed by atoms with Crippen LogP contribution in [0.2, 0.25) is 10.0 Å². The first-order valence-corrected chi connectivity index (χ1v) is 7.68. The summed E-state index contributed by atoms with van der Waals surface area (Å²) in [5.41, 5.74) is 3.17. The summed E-state index contributed by atoms with van der Waals surface area (Å²) in [5, 5.41) is 11.1. The van der Waals surface area contributed by atoms with Crippen LogP contribution in [0.1, 0.15) is 16.1 Å². The molecule has 1 heterocycles. The van der Waals surface area contributed by atoms with Gasteiger partial charge in [0.1, 0.15) is 5.69 Å². The summed E-state index contributed by atoms with van der Waals surface area (Å²) in [6, 6.07) is 14.1. The van der Waals surface area contributed by atoms with Crippen LogP contribution < -0.4 is 5.32 Å². The van der Waals surface area contributed by atoms with Crippen LogP contribution in [0, 0.1) is 6.92 Å². The molecular weight excluding hydrogens is 333 g/mol. The maximum Gasteiger partial charge on any atom is 0.255 e. The maximum atomic E-state index is 12.4.